The van der Waals surface area contributed by atoms with Crippen LogP contribution >= 0.6 is 0 Å². The molecule has 2 amide bonds. The second-order valence-corrected chi connectivity index (χ2v) is 6.55. The SMILES string of the molecule is Cc1nccn1-c1ccc(NC(=O)C2CCCN2C(=O)c2ccoc2)cc1. The molecule has 2 aromatic heterocycles. The molecule has 7 nitrogen and oxygen atoms in total. The van der Waals surface area contributed by atoms with Crippen LogP contribution in [0.1, 0.15) is 29.0 Å². The zero-order valence-corrected chi connectivity index (χ0v) is 15.0. The number of amides is 2. The van der Waals surface area contributed by atoms with Gasteiger partial charge in [-0.3, -0.25) is 9.59 Å². The average Bonchev–Trinajstić information content (AvgIpc) is 3.43. The van der Waals surface area contributed by atoms with Crippen molar-refractivity contribution in [1.29, 1.82) is 0 Å². The molecule has 1 fully saturated rings. The molecule has 1 N–H and O–H groups in total. The van der Waals surface area contributed by atoms with Gasteiger partial charge in [0, 0.05) is 30.3 Å². The Morgan fingerprint density at radius 2 is 2.04 bits per heavy atom. The van der Waals surface area contributed by atoms with Crippen LogP contribution in [0.5, 0.6) is 0 Å². The molecule has 1 aliphatic rings. The number of furan rings is 1. The average molecular weight is 364 g/mol. The quantitative estimate of drug-likeness (QED) is 0.772. The van der Waals surface area contributed by atoms with Gasteiger partial charge in [0.05, 0.1) is 11.8 Å². The highest BCUT2D eigenvalue weighted by molar-refractivity contribution is 6.01. The summed E-state index contributed by atoms with van der Waals surface area (Å²) in [6.07, 6.45) is 7.97. The molecule has 3 heterocycles. The molecule has 7 heteroatoms. The van der Waals surface area contributed by atoms with Crippen LogP contribution in [0.15, 0.2) is 59.7 Å². The number of imidazole rings is 1. The standard InChI is InChI=1S/C20H20N4O3/c1-14-21-9-11-23(14)17-6-4-16(5-7-17)22-19(25)18-3-2-10-24(18)20(26)15-8-12-27-13-15/h4-9,11-13,18H,2-3,10H2,1H3,(H,22,25). The first-order chi connectivity index (χ1) is 13.1. The van der Waals surface area contributed by atoms with E-state index >= 15 is 0 Å². The fraction of sp³-hybridized carbons (Fsp3) is 0.250. The van der Waals surface area contributed by atoms with Gasteiger partial charge in [-0.05, 0) is 50.1 Å². The van der Waals surface area contributed by atoms with Crippen molar-refractivity contribution < 1.29 is 14.0 Å². The van der Waals surface area contributed by atoms with Gasteiger partial charge < -0.3 is 19.2 Å². The fourth-order valence-corrected chi connectivity index (χ4v) is 3.42. The van der Waals surface area contributed by atoms with Crippen molar-refractivity contribution in [3.8, 4) is 5.69 Å². The maximum absolute atomic E-state index is 12.7. The molecule has 0 aliphatic carbocycles. The van der Waals surface area contributed by atoms with E-state index in [-0.39, 0.29) is 11.8 Å². The van der Waals surface area contributed by atoms with Gasteiger partial charge in [-0.2, -0.15) is 0 Å². The van der Waals surface area contributed by atoms with E-state index in [1.807, 2.05) is 42.0 Å². The van der Waals surface area contributed by atoms with Crippen LogP contribution in [0.4, 0.5) is 5.69 Å². The molecule has 1 atom stereocenters. The van der Waals surface area contributed by atoms with Gasteiger partial charge in [-0.1, -0.05) is 0 Å². The minimum Gasteiger partial charge on any atom is -0.472 e. The Balaban J connectivity index is 1.45. The Kier molecular flexibility index (Phi) is 4.50. The van der Waals surface area contributed by atoms with Crippen molar-refractivity contribution in [2.45, 2.75) is 25.8 Å². The molecular weight excluding hydrogens is 344 g/mol. The third kappa shape index (κ3) is 3.36. The maximum Gasteiger partial charge on any atom is 0.257 e. The maximum atomic E-state index is 12.7. The molecule has 4 rings (SSSR count). The fourth-order valence-electron chi connectivity index (χ4n) is 3.42. The molecule has 0 spiro atoms. The minimum atomic E-state index is -0.469. The lowest BCUT2D eigenvalue weighted by Gasteiger charge is -2.23. The summed E-state index contributed by atoms with van der Waals surface area (Å²) >= 11 is 0. The van der Waals surface area contributed by atoms with Crippen LogP contribution in [0.3, 0.4) is 0 Å². The second-order valence-electron chi connectivity index (χ2n) is 6.55. The van der Waals surface area contributed by atoms with E-state index in [4.69, 9.17) is 4.42 Å². The molecule has 27 heavy (non-hydrogen) atoms. The number of rotatable bonds is 4. The Bertz CT molecular complexity index is 944. The first kappa shape index (κ1) is 17.1. The van der Waals surface area contributed by atoms with Gasteiger partial charge in [0.25, 0.3) is 5.91 Å². The van der Waals surface area contributed by atoms with Crippen LogP contribution in [0, 0.1) is 6.92 Å². The van der Waals surface area contributed by atoms with Crippen molar-refractivity contribution in [3.63, 3.8) is 0 Å². The van der Waals surface area contributed by atoms with Crippen LogP contribution < -0.4 is 5.32 Å². The predicted molar refractivity (Wildman–Crippen MR) is 99.7 cm³/mol. The lowest BCUT2D eigenvalue weighted by atomic mass is 10.2. The summed E-state index contributed by atoms with van der Waals surface area (Å²) < 4.78 is 6.95. The third-order valence-corrected chi connectivity index (χ3v) is 4.82. The van der Waals surface area contributed by atoms with Crippen LogP contribution in [-0.2, 0) is 4.79 Å². The van der Waals surface area contributed by atoms with E-state index in [1.165, 1.54) is 12.5 Å². The number of carbonyl (C=O) groups is 2. The number of hydrogen-bond donors (Lipinski definition) is 1. The third-order valence-electron chi connectivity index (χ3n) is 4.82. The highest BCUT2D eigenvalue weighted by Gasteiger charge is 2.34. The Morgan fingerprint density at radius 3 is 2.70 bits per heavy atom. The highest BCUT2D eigenvalue weighted by Crippen LogP contribution is 2.22. The monoisotopic (exact) mass is 364 g/mol. The van der Waals surface area contributed by atoms with E-state index in [0.29, 0.717) is 24.2 Å². The molecular formula is C20H20N4O3. The molecule has 138 valence electrons. The van der Waals surface area contributed by atoms with Crippen molar-refractivity contribution in [2.75, 3.05) is 11.9 Å². The summed E-state index contributed by atoms with van der Waals surface area (Å²) in [6, 6.07) is 8.70. The van der Waals surface area contributed by atoms with E-state index in [1.54, 1.807) is 17.2 Å². The van der Waals surface area contributed by atoms with E-state index in [2.05, 4.69) is 10.3 Å². The second kappa shape index (κ2) is 7.11. The van der Waals surface area contributed by atoms with Crippen LogP contribution in [0.25, 0.3) is 5.69 Å². The number of hydrogen-bond acceptors (Lipinski definition) is 4. The highest BCUT2D eigenvalue weighted by atomic mass is 16.3. The van der Waals surface area contributed by atoms with Crippen LogP contribution in [-0.4, -0.2) is 38.9 Å². The number of nitrogens with one attached hydrogen (secondary N) is 1. The van der Waals surface area contributed by atoms with Crippen molar-refractivity contribution >= 4 is 17.5 Å². The number of carbonyl (C=O) groups excluding carboxylic acids is 2. The molecule has 1 aromatic carbocycles. The molecule has 0 saturated carbocycles. The Hall–Kier alpha value is -3.35. The summed E-state index contributed by atoms with van der Waals surface area (Å²) in [5.74, 6) is 0.550. The predicted octanol–water partition coefficient (Wildman–Crippen LogP) is 3.02. The minimum absolute atomic E-state index is 0.170. The summed E-state index contributed by atoms with van der Waals surface area (Å²) in [7, 11) is 0. The molecule has 1 unspecified atom stereocenters. The largest absolute Gasteiger partial charge is 0.472 e. The molecule has 0 bridgehead atoms. The number of aromatic nitrogens is 2. The molecule has 1 saturated heterocycles. The van der Waals surface area contributed by atoms with Crippen LogP contribution in [0.2, 0.25) is 0 Å². The van der Waals surface area contributed by atoms with Crippen molar-refractivity contribution in [2.24, 2.45) is 0 Å². The van der Waals surface area contributed by atoms with Gasteiger partial charge in [0.1, 0.15) is 18.1 Å². The number of likely N-dealkylation sites (tertiary alicyclic amines) is 1. The van der Waals surface area contributed by atoms with Gasteiger partial charge in [-0.25, -0.2) is 4.98 Å². The molecule has 1 aliphatic heterocycles. The number of aryl methyl sites for hydroxylation is 1. The summed E-state index contributed by atoms with van der Waals surface area (Å²) in [5.41, 5.74) is 2.14. The van der Waals surface area contributed by atoms with Gasteiger partial charge in [0.15, 0.2) is 0 Å². The zero-order chi connectivity index (χ0) is 18.8. The molecule has 0 radical (unpaired) electrons. The number of benzene rings is 1. The number of anilines is 1. The summed E-state index contributed by atoms with van der Waals surface area (Å²) in [4.78, 5) is 31.1. The lowest BCUT2D eigenvalue weighted by Crippen LogP contribution is -2.43. The topological polar surface area (TPSA) is 80.4 Å². The number of nitrogens with zero attached hydrogens (tertiary/aromatic N) is 3. The zero-order valence-electron chi connectivity index (χ0n) is 15.0. The van der Waals surface area contributed by atoms with Gasteiger partial charge >= 0.3 is 0 Å². The Morgan fingerprint density at radius 1 is 1.22 bits per heavy atom. The van der Waals surface area contributed by atoms with E-state index in [0.717, 1.165) is 17.9 Å². The van der Waals surface area contributed by atoms with E-state index in [9.17, 15) is 9.59 Å². The normalized spacial score (nSPS) is 16.5. The molecule has 3 aromatic rings. The smallest absolute Gasteiger partial charge is 0.257 e. The first-order valence-electron chi connectivity index (χ1n) is 8.88. The van der Waals surface area contributed by atoms with Crippen molar-refractivity contribution in [3.05, 3.63) is 66.6 Å². The van der Waals surface area contributed by atoms with Gasteiger partial charge in [-0.15, -0.1) is 0 Å². The summed E-state index contributed by atoms with van der Waals surface area (Å²) in [5, 5.41) is 2.92. The lowest BCUT2D eigenvalue weighted by molar-refractivity contribution is -0.119. The Labute approximate surface area is 156 Å². The van der Waals surface area contributed by atoms with Crippen molar-refractivity contribution in [1.82, 2.24) is 14.5 Å². The summed E-state index contributed by atoms with van der Waals surface area (Å²) in [6.45, 7) is 2.50. The van der Waals surface area contributed by atoms with E-state index < -0.39 is 6.04 Å². The van der Waals surface area contributed by atoms with Gasteiger partial charge in [0.2, 0.25) is 5.91 Å². The first-order valence-corrected chi connectivity index (χ1v) is 8.88.